The highest BCUT2D eigenvalue weighted by molar-refractivity contribution is 7.81. The SMILES string of the molecule is CC1(C)[C@@H]2CC[C@]1(C)[C@H](S)C2. The van der Waals surface area contributed by atoms with Gasteiger partial charge in [0.05, 0.1) is 0 Å². The van der Waals surface area contributed by atoms with Crippen LogP contribution in [0.5, 0.6) is 0 Å². The molecule has 0 aromatic heterocycles. The van der Waals surface area contributed by atoms with Crippen LogP contribution in [0, 0.1) is 16.7 Å². The Morgan fingerprint density at radius 1 is 1.27 bits per heavy atom. The van der Waals surface area contributed by atoms with E-state index in [0.717, 1.165) is 5.92 Å². The van der Waals surface area contributed by atoms with Gasteiger partial charge in [0.25, 0.3) is 0 Å². The van der Waals surface area contributed by atoms with Crippen LogP contribution in [-0.4, -0.2) is 5.25 Å². The molecule has 1 heteroatoms. The van der Waals surface area contributed by atoms with Crippen molar-refractivity contribution in [3.8, 4) is 0 Å². The minimum absolute atomic E-state index is 0.529. The normalized spacial score (nSPS) is 53.5. The van der Waals surface area contributed by atoms with Crippen LogP contribution in [0.3, 0.4) is 0 Å². The van der Waals surface area contributed by atoms with Gasteiger partial charge in [0.2, 0.25) is 0 Å². The Kier molecular flexibility index (Phi) is 1.44. The molecule has 0 nitrogen and oxygen atoms in total. The molecule has 2 bridgehead atoms. The van der Waals surface area contributed by atoms with Gasteiger partial charge in [-0.2, -0.15) is 12.6 Å². The van der Waals surface area contributed by atoms with Crippen LogP contribution in [0.1, 0.15) is 40.0 Å². The first-order valence-corrected chi connectivity index (χ1v) is 5.18. The molecular formula is C10H18S. The van der Waals surface area contributed by atoms with E-state index < -0.39 is 0 Å². The van der Waals surface area contributed by atoms with Crippen molar-refractivity contribution >= 4 is 12.6 Å². The monoisotopic (exact) mass is 170 g/mol. The van der Waals surface area contributed by atoms with Gasteiger partial charge in [-0.15, -0.1) is 0 Å². The smallest absolute Gasteiger partial charge is 0.00786 e. The van der Waals surface area contributed by atoms with E-state index in [-0.39, 0.29) is 0 Å². The summed E-state index contributed by atoms with van der Waals surface area (Å²) in [6.45, 7) is 7.29. The van der Waals surface area contributed by atoms with Crippen molar-refractivity contribution in [2.75, 3.05) is 0 Å². The zero-order chi connectivity index (χ0) is 8.28. The van der Waals surface area contributed by atoms with Crippen molar-refractivity contribution in [1.29, 1.82) is 0 Å². The Bertz CT molecular complexity index is 185. The second-order valence-corrected chi connectivity index (χ2v) is 5.75. The van der Waals surface area contributed by atoms with Crippen LogP contribution in [0.25, 0.3) is 0 Å². The van der Waals surface area contributed by atoms with E-state index in [9.17, 15) is 0 Å². The Morgan fingerprint density at radius 2 is 1.91 bits per heavy atom. The van der Waals surface area contributed by atoms with Gasteiger partial charge >= 0.3 is 0 Å². The molecule has 0 heterocycles. The predicted octanol–water partition coefficient (Wildman–Crippen LogP) is 3.13. The molecule has 0 N–H and O–H groups in total. The summed E-state index contributed by atoms with van der Waals surface area (Å²) in [6, 6.07) is 0. The molecule has 0 aliphatic heterocycles. The summed E-state index contributed by atoms with van der Waals surface area (Å²) in [7, 11) is 0. The molecule has 0 aromatic rings. The summed E-state index contributed by atoms with van der Waals surface area (Å²) in [5, 5.41) is 0.663. The lowest BCUT2D eigenvalue weighted by atomic mass is 9.71. The Morgan fingerprint density at radius 3 is 2.09 bits per heavy atom. The fourth-order valence-corrected chi connectivity index (χ4v) is 3.88. The van der Waals surface area contributed by atoms with E-state index in [2.05, 4.69) is 20.8 Å². The second-order valence-electron chi connectivity index (χ2n) is 5.13. The van der Waals surface area contributed by atoms with E-state index in [4.69, 9.17) is 12.6 Å². The first-order chi connectivity index (χ1) is 4.98. The highest BCUT2D eigenvalue weighted by Gasteiger charge is 2.60. The number of rotatable bonds is 0. The lowest BCUT2D eigenvalue weighted by Crippen LogP contribution is -2.32. The highest BCUT2D eigenvalue weighted by Crippen LogP contribution is 2.66. The fraction of sp³-hybridized carbons (Fsp3) is 1.00. The van der Waals surface area contributed by atoms with Gasteiger partial charge < -0.3 is 0 Å². The third kappa shape index (κ3) is 0.734. The average Bonchev–Trinajstić information content (AvgIpc) is 2.20. The topological polar surface area (TPSA) is 0 Å². The van der Waals surface area contributed by atoms with Crippen LogP contribution in [0.4, 0.5) is 0 Å². The van der Waals surface area contributed by atoms with Crippen molar-refractivity contribution in [3.05, 3.63) is 0 Å². The van der Waals surface area contributed by atoms with E-state index >= 15 is 0 Å². The van der Waals surface area contributed by atoms with Crippen LogP contribution in [0.2, 0.25) is 0 Å². The molecule has 0 aromatic carbocycles. The minimum atomic E-state index is 0.529. The molecule has 2 saturated carbocycles. The van der Waals surface area contributed by atoms with Crippen molar-refractivity contribution < 1.29 is 0 Å². The molecule has 2 aliphatic rings. The van der Waals surface area contributed by atoms with Gasteiger partial charge in [-0.3, -0.25) is 0 Å². The first kappa shape index (κ1) is 7.97. The predicted molar refractivity (Wildman–Crippen MR) is 52.0 cm³/mol. The van der Waals surface area contributed by atoms with Crippen LogP contribution in [0.15, 0.2) is 0 Å². The molecule has 11 heavy (non-hydrogen) atoms. The number of hydrogen-bond donors (Lipinski definition) is 1. The van der Waals surface area contributed by atoms with E-state index in [1.165, 1.54) is 19.3 Å². The van der Waals surface area contributed by atoms with Gasteiger partial charge in [-0.25, -0.2) is 0 Å². The largest absolute Gasteiger partial charge is 0.175 e. The van der Waals surface area contributed by atoms with Crippen molar-refractivity contribution in [2.45, 2.75) is 45.3 Å². The number of fused-ring (bicyclic) bond motifs is 2. The molecule has 2 fully saturated rings. The van der Waals surface area contributed by atoms with Crippen LogP contribution in [-0.2, 0) is 0 Å². The molecule has 0 spiro atoms. The molecule has 64 valence electrons. The van der Waals surface area contributed by atoms with Crippen molar-refractivity contribution in [2.24, 2.45) is 16.7 Å². The highest BCUT2D eigenvalue weighted by atomic mass is 32.1. The van der Waals surface area contributed by atoms with Gasteiger partial charge in [-0.1, -0.05) is 20.8 Å². The molecule has 0 saturated heterocycles. The quantitative estimate of drug-likeness (QED) is 0.531. The van der Waals surface area contributed by atoms with Crippen LogP contribution >= 0.6 is 12.6 Å². The molecule has 0 unspecified atom stereocenters. The van der Waals surface area contributed by atoms with E-state index in [0.29, 0.717) is 16.1 Å². The summed E-state index contributed by atoms with van der Waals surface area (Å²) in [5.41, 5.74) is 1.08. The van der Waals surface area contributed by atoms with Crippen LogP contribution < -0.4 is 0 Å². The lowest BCUT2D eigenvalue weighted by Gasteiger charge is -2.37. The van der Waals surface area contributed by atoms with Crippen molar-refractivity contribution in [1.82, 2.24) is 0 Å². The second kappa shape index (κ2) is 1.99. The maximum atomic E-state index is 4.70. The molecule has 3 atom stereocenters. The molecule has 2 aliphatic carbocycles. The van der Waals surface area contributed by atoms with Crippen molar-refractivity contribution in [3.63, 3.8) is 0 Å². The Hall–Kier alpha value is 0.350. The third-order valence-corrected chi connectivity index (χ3v) is 5.53. The maximum Gasteiger partial charge on any atom is 0.00786 e. The number of hydrogen-bond acceptors (Lipinski definition) is 1. The van der Waals surface area contributed by atoms with E-state index in [1.54, 1.807) is 0 Å². The lowest BCUT2D eigenvalue weighted by molar-refractivity contribution is 0.157. The van der Waals surface area contributed by atoms with Gasteiger partial charge in [-0.05, 0) is 36.0 Å². The average molecular weight is 170 g/mol. The van der Waals surface area contributed by atoms with Gasteiger partial charge in [0.15, 0.2) is 0 Å². The summed E-state index contributed by atoms with van der Waals surface area (Å²) in [6.07, 6.45) is 4.20. The summed E-state index contributed by atoms with van der Waals surface area (Å²) in [5.74, 6) is 0.954. The third-order valence-electron chi connectivity index (χ3n) is 4.75. The molecule has 0 radical (unpaired) electrons. The van der Waals surface area contributed by atoms with Gasteiger partial charge in [0, 0.05) is 5.25 Å². The molecule has 0 amide bonds. The zero-order valence-electron chi connectivity index (χ0n) is 7.72. The zero-order valence-corrected chi connectivity index (χ0v) is 8.62. The maximum absolute atomic E-state index is 4.70. The summed E-state index contributed by atoms with van der Waals surface area (Å²) < 4.78 is 0. The molecule has 2 rings (SSSR count). The summed E-state index contributed by atoms with van der Waals surface area (Å²) in [4.78, 5) is 0. The Labute approximate surface area is 75.2 Å². The summed E-state index contributed by atoms with van der Waals surface area (Å²) >= 11 is 4.70. The first-order valence-electron chi connectivity index (χ1n) is 4.66. The van der Waals surface area contributed by atoms with Gasteiger partial charge in [0.1, 0.15) is 0 Å². The van der Waals surface area contributed by atoms with E-state index in [1.807, 2.05) is 0 Å². The number of thiol groups is 1. The molecular weight excluding hydrogens is 152 g/mol. The Balaban J connectivity index is 2.40. The standard InChI is InChI=1S/C10H18S/c1-9(2)7-4-5-10(9,3)8(11)6-7/h7-8,11H,4-6H2,1-3H3/t7-,8-,10-/m1/s1. The minimum Gasteiger partial charge on any atom is -0.175 e. The fourth-order valence-electron chi connectivity index (χ4n) is 3.16.